The van der Waals surface area contributed by atoms with Crippen LogP contribution in [0.2, 0.25) is 0 Å². The summed E-state index contributed by atoms with van der Waals surface area (Å²) in [5.74, 6) is -0.817. The summed E-state index contributed by atoms with van der Waals surface area (Å²) in [6, 6.07) is 6.96. The van der Waals surface area contributed by atoms with Gasteiger partial charge in [-0.3, -0.25) is 9.69 Å². The van der Waals surface area contributed by atoms with Crippen molar-refractivity contribution in [1.29, 1.82) is 0 Å². The summed E-state index contributed by atoms with van der Waals surface area (Å²) < 4.78 is 0. The van der Waals surface area contributed by atoms with Crippen molar-refractivity contribution < 1.29 is 9.90 Å². The molecule has 3 heterocycles. The highest BCUT2D eigenvalue weighted by Crippen LogP contribution is 2.38. The molecule has 1 atom stereocenters. The van der Waals surface area contributed by atoms with E-state index in [1.54, 1.807) is 0 Å². The zero-order chi connectivity index (χ0) is 15.7. The molecule has 118 valence electrons. The zero-order valence-corrected chi connectivity index (χ0v) is 14.5. The van der Waals surface area contributed by atoms with Crippen LogP contribution in [0.1, 0.15) is 39.1 Å². The van der Waals surface area contributed by atoms with Crippen LogP contribution in [-0.2, 0) is 4.79 Å². The molecule has 1 aliphatic rings. The normalized spacial score (nSPS) is 18.5. The molecule has 1 fully saturated rings. The van der Waals surface area contributed by atoms with Gasteiger partial charge in [0.25, 0.3) is 0 Å². The van der Waals surface area contributed by atoms with E-state index in [-0.39, 0.29) is 12.0 Å². The minimum Gasteiger partial charge on any atom is -0.481 e. The van der Waals surface area contributed by atoms with Gasteiger partial charge in [0.15, 0.2) is 0 Å². The topological polar surface area (TPSA) is 40.5 Å². The molecule has 2 aromatic heterocycles. The lowest BCUT2D eigenvalue weighted by Gasteiger charge is -2.35. The fourth-order valence-electron chi connectivity index (χ4n) is 3.10. The quantitative estimate of drug-likeness (QED) is 0.905. The Kier molecular flexibility index (Phi) is 4.66. The van der Waals surface area contributed by atoms with Gasteiger partial charge in [-0.05, 0) is 68.9 Å². The van der Waals surface area contributed by atoms with Crippen LogP contribution in [0.15, 0.2) is 23.6 Å². The van der Waals surface area contributed by atoms with E-state index in [0.717, 1.165) is 25.9 Å². The zero-order valence-electron chi connectivity index (χ0n) is 12.9. The molecule has 1 unspecified atom stereocenters. The molecule has 0 radical (unpaired) electrons. The molecule has 1 N–H and O–H groups in total. The predicted octanol–water partition coefficient (Wildman–Crippen LogP) is 4.31. The first kappa shape index (κ1) is 15.7. The van der Waals surface area contributed by atoms with Crippen molar-refractivity contribution in [3.63, 3.8) is 0 Å². The van der Waals surface area contributed by atoms with E-state index in [0.29, 0.717) is 0 Å². The number of rotatable bonds is 4. The van der Waals surface area contributed by atoms with Crippen molar-refractivity contribution in [2.45, 2.75) is 32.7 Å². The molecule has 0 aliphatic carbocycles. The molecule has 0 saturated carbocycles. The van der Waals surface area contributed by atoms with E-state index >= 15 is 0 Å². The maximum atomic E-state index is 11.2. The van der Waals surface area contributed by atoms with Crippen molar-refractivity contribution in [3.05, 3.63) is 43.8 Å². The Labute approximate surface area is 139 Å². The van der Waals surface area contributed by atoms with Gasteiger partial charge in [0, 0.05) is 14.6 Å². The van der Waals surface area contributed by atoms with Crippen LogP contribution in [0.25, 0.3) is 0 Å². The summed E-state index contributed by atoms with van der Waals surface area (Å²) in [6.45, 7) is 5.99. The van der Waals surface area contributed by atoms with Gasteiger partial charge >= 0.3 is 5.97 Å². The maximum absolute atomic E-state index is 11.2. The number of likely N-dealkylation sites (tertiary alicyclic amines) is 1. The number of hydrogen-bond donors (Lipinski definition) is 1. The van der Waals surface area contributed by atoms with E-state index in [1.165, 1.54) is 20.2 Å². The van der Waals surface area contributed by atoms with Crippen molar-refractivity contribution in [1.82, 2.24) is 4.90 Å². The molecule has 1 aliphatic heterocycles. The van der Waals surface area contributed by atoms with Gasteiger partial charge in [-0.1, -0.05) is 0 Å². The monoisotopic (exact) mass is 335 g/mol. The lowest BCUT2D eigenvalue weighted by molar-refractivity contribution is -0.143. The SMILES string of the molecule is Cc1csc(C(c2ccc(C)s2)N2CCC(C(=O)O)CC2)c1. The first-order chi connectivity index (χ1) is 10.5. The average Bonchev–Trinajstić information content (AvgIpc) is 3.09. The first-order valence-corrected chi connectivity index (χ1v) is 9.32. The molecule has 0 amide bonds. The Hall–Kier alpha value is -1.17. The smallest absolute Gasteiger partial charge is 0.306 e. The first-order valence-electron chi connectivity index (χ1n) is 7.63. The standard InChI is InChI=1S/C17H21NO2S2/c1-11-9-15(21-10-11)16(14-4-3-12(2)22-14)18-7-5-13(6-8-18)17(19)20/h3-4,9-10,13,16H,5-8H2,1-2H3,(H,19,20). The highest BCUT2D eigenvalue weighted by molar-refractivity contribution is 7.13. The fourth-order valence-corrected chi connectivity index (χ4v) is 5.26. The third-order valence-corrected chi connectivity index (χ3v) is 6.45. The number of carboxylic acid groups (broad SMARTS) is 1. The summed E-state index contributed by atoms with van der Waals surface area (Å²) >= 11 is 3.66. The minimum absolute atomic E-state index is 0.174. The maximum Gasteiger partial charge on any atom is 0.306 e. The summed E-state index contributed by atoms with van der Waals surface area (Å²) in [5, 5.41) is 11.4. The van der Waals surface area contributed by atoms with Gasteiger partial charge in [0.05, 0.1) is 12.0 Å². The number of carbonyl (C=O) groups is 1. The molecule has 0 aromatic carbocycles. The second-order valence-electron chi connectivity index (χ2n) is 6.03. The third kappa shape index (κ3) is 3.26. The summed E-state index contributed by atoms with van der Waals surface area (Å²) in [4.78, 5) is 17.7. The number of hydrogen-bond acceptors (Lipinski definition) is 4. The fraction of sp³-hybridized carbons (Fsp3) is 0.471. The van der Waals surface area contributed by atoms with Gasteiger partial charge < -0.3 is 5.11 Å². The lowest BCUT2D eigenvalue weighted by atomic mass is 9.95. The highest BCUT2D eigenvalue weighted by Gasteiger charge is 2.31. The van der Waals surface area contributed by atoms with Crippen LogP contribution in [0.4, 0.5) is 0 Å². The van der Waals surface area contributed by atoms with E-state index in [1.807, 2.05) is 22.7 Å². The Morgan fingerprint density at radius 2 is 2.00 bits per heavy atom. The molecule has 3 rings (SSSR count). The van der Waals surface area contributed by atoms with E-state index < -0.39 is 5.97 Å². The highest BCUT2D eigenvalue weighted by atomic mass is 32.1. The van der Waals surface area contributed by atoms with Crippen LogP contribution in [0, 0.1) is 19.8 Å². The van der Waals surface area contributed by atoms with Crippen molar-refractivity contribution in [2.24, 2.45) is 5.92 Å². The average molecular weight is 335 g/mol. The van der Waals surface area contributed by atoms with Crippen LogP contribution < -0.4 is 0 Å². The second-order valence-corrected chi connectivity index (χ2v) is 8.29. The minimum atomic E-state index is -0.643. The molecule has 0 bridgehead atoms. The van der Waals surface area contributed by atoms with Crippen molar-refractivity contribution in [3.8, 4) is 0 Å². The van der Waals surface area contributed by atoms with Crippen molar-refractivity contribution >= 4 is 28.6 Å². The molecular weight excluding hydrogens is 314 g/mol. The molecule has 3 nitrogen and oxygen atoms in total. The Balaban J connectivity index is 1.85. The Morgan fingerprint density at radius 1 is 1.27 bits per heavy atom. The largest absolute Gasteiger partial charge is 0.481 e. The second kappa shape index (κ2) is 6.52. The van der Waals surface area contributed by atoms with E-state index in [9.17, 15) is 9.90 Å². The summed E-state index contributed by atoms with van der Waals surface area (Å²) in [5.41, 5.74) is 1.30. The van der Waals surface area contributed by atoms with Crippen LogP contribution >= 0.6 is 22.7 Å². The van der Waals surface area contributed by atoms with Gasteiger partial charge in [-0.25, -0.2) is 0 Å². The Bertz CT molecular complexity index is 613. The number of aliphatic carboxylic acids is 1. The molecular formula is C17H21NO2S2. The van der Waals surface area contributed by atoms with E-state index in [4.69, 9.17) is 0 Å². The van der Waals surface area contributed by atoms with Crippen molar-refractivity contribution in [2.75, 3.05) is 13.1 Å². The predicted molar refractivity (Wildman–Crippen MR) is 91.9 cm³/mol. The summed E-state index contributed by atoms with van der Waals surface area (Å²) in [6.07, 6.45) is 1.50. The lowest BCUT2D eigenvalue weighted by Crippen LogP contribution is -2.38. The third-order valence-electron chi connectivity index (χ3n) is 4.29. The van der Waals surface area contributed by atoms with Gasteiger partial charge in [0.2, 0.25) is 0 Å². The molecule has 5 heteroatoms. The molecule has 0 spiro atoms. The molecule has 1 saturated heterocycles. The van der Waals surface area contributed by atoms with Crippen LogP contribution in [-0.4, -0.2) is 29.1 Å². The van der Waals surface area contributed by atoms with Gasteiger partial charge in [-0.2, -0.15) is 0 Å². The van der Waals surface area contributed by atoms with E-state index in [2.05, 4.69) is 42.3 Å². The van der Waals surface area contributed by atoms with Gasteiger partial charge in [0.1, 0.15) is 0 Å². The number of thiophene rings is 2. The number of aryl methyl sites for hydroxylation is 2. The number of nitrogens with zero attached hydrogens (tertiary/aromatic N) is 1. The number of carboxylic acids is 1. The van der Waals surface area contributed by atoms with Gasteiger partial charge in [-0.15, -0.1) is 22.7 Å². The molecule has 22 heavy (non-hydrogen) atoms. The Morgan fingerprint density at radius 3 is 2.50 bits per heavy atom. The molecule has 2 aromatic rings. The van der Waals surface area contributed by atoms with Crippen LogP contribution in [0.5, 0.6) is 0 Å². The number of piperidine rings is 1. The van der Waals surface area contributed by atoms with Crippen LogP contribution in [0.3, 0.4) is 0 Å². The summed E-state index contributed by atoms with van der Waals surface area (Å²) in [7, 11) is 0.